The minimum absolute atomic E-state index is 0.0216. The SMILES string of the molecule is COc1ccc(S(=O)(=O)Nc2cccc(Cl)c2O)cc1. The minimum atomic E-state index is -3.80. The molecule has 0 spiro atoms. The van der Waals surface area contributed by atoms with E-state index in [-0.39, 0.29) is 21.4 Å². The van der Waals surface area contributed by atoms with Gasteiger partial charge in [-0.2, -0.15) is 0 Å². The Bertz CT molecular complexity index is 714. The molecule has 106 valence electrons. The molecule has 0 atom stereocenters. The van der Waals surface area contributed by atoms with Gasteiger partial charge in [0.2, 0.25) is 0 Å². The van der Waals surface area contributed by atoms with E-state index in [1.54, 1.807) is 0 Å². The fraction of sp³-hybridized carbons (Fsp3) is 0.0769. The van der Waals surface area contributed by atoms with E-state index in [1.807, 2.05) is 0 Å². The van der Waals surface area contributed by atoms with Gasteiger partial charge < -0.3 is 9.84 Å². The van der Waals surface area contributed by atoms with Crippen molar-refractivity contribution < 1.29 is 18.3 Å². The molecule has 2 aromatic rings. The lowest BCUT2D eigenvalue weighted by molar-refractivity contribution is 0.414. The van der Waals surface area contributed by atoms with Crippen LogP contribution in [0.3, 0.4) is 0 Å². The summed E-state index contributed by atoms with van der Waals surface area (Å²) in [5.74, 6) is 0.237. The number of aromatic hydroxyl groups is 1. The van der Waals surface area contributed by atoms with Crippen LogP contribution in [-0.2, 0) is 10.0 Å². The number of methoxy groups -OCH3 is 1. The summed E-state index contributed by atoms with van der Waals surface area (Å²) in [6, 6.07) is 10.3. The molecule has 7 heteroatoms. The first kappa shape index (κ1) is 14.5. The summed E-state index contributed by atoms with van der Waals surface area (Å²) < 4.78 is 31.6. The number of nitrogens with one attached hydrogen (secondary N) is 1. The van der Waals surface area contributed by atoms with Gasteiger partial charge in [0.15, 0.2) is 5.75 Å². The maximum absolute atomic E-state index is 12.2. The van der Waals surface area contributed by atoms with Crippen molar-refractivity contribution in [2.75, 3.05) is 11.8 Å². The number of phenols is 1. The van der Waals surface area contributed by atoms with E-state index in [0.717, 1.165) is 0 Å². The number of halogens is 1. The maximum Gasteiger partial charge on any atom is 0.262 e. The van der Waals surface area contributed by atoms with E-state index < -0.39 is 10.0 Å². The molecule has 0 saturated carbocycles. The third kappa shape index (κ3) is 2.97. The molecule has 2 aromatic carbocycles. The van der Waals surface area contributed by atoms with Gasteiger partial charge in [-0.25, -0.2) is 8.42 Å². The van der Waals surface area contributed by atoms with E-state index >= 15 is 0 Å². The number of ether oxygens (including phenoxy) is 1. The third-order valence-electron chi connectivity index (χ3n) is 2.60. The lowest BCUT2D eigenvalue weighted by atomic mass is 10.3. The molecule has 0 bridgehead atoms. The second-order valence-corrected chi connectivity index (χ2v) is 6.01. The second-order valence-electron chi connectivity index (χ2n) is 3.92. The van der Waals surface area contributed by atoms with E-state index in [0.29, 0.717) is 5.75 Å². The van der Waals surface area contributed by atoms with Crippen LogP contribution < -0.4 is 9.46 Å². The Balaban J connectivity index is 2.33. The Kier molecular flexibility index (Phi) is 4.06. The van der Waals surface area contributed by atoms with Gasteiger partial charge in [-0.3, -0.25) is 4.72 Å². The first-order valence-corrected chi connectivity index (χ1v) is 7.44. The van der Waals surface area contributed by atoms with Crippen LogP contribution in [0.5, 0.6) is 11.5 Å². The van der Waals surface area contributed by atoms with Crippen molar-refractivity contribution in [3.63, 3.8) is 0 Å². The third-order valence-corrected chi connectivity index (χ3v) is 4.29. The van der Waals surface area contributed by atoms with Crippen molar-refractivity contribution in [2.24, 2.45) is 0 Å². The van der Waals surface area contributed by atoms with Crippen LogP contribution in [0.25, 0.3) is 0 Å². The molecule has 0 heterocycles. The topological polar surface area (TPSA) is 75.6 Å². The number of hydrogen-bond acceptors (Lipinski definition) is 4. The molecular weight excluding hydrogens is 302 g/mol. The summed E-state index contributed by atoms with van der Waals surface area (Å²) in [6.07, 6.45) is 0. The lowest BCUT2D eigenvalue weighted by Gasteiger charge is -2.10. The van der Waals surface area contributed by atoms with Crippen molar-refractivity contribution in [3.05, 3.63) is 47.5 Å². The molecule has 0 aliphatic rings. The highest BCUT2D eigenvalue weighted by atomic mass is 35.5. The molecule has 20 heavy (non-hydrogen) atoms. The predicted molar refractivity (Wildman–Crippen MR) is 76.9 cm³/mol. The lowest BCUT2D eigenvalue weighted by Crippen LogP contribution is -2.13. The molecule has 0 fully saturated rings. The molecule has 5 nitrogen and oxygen atoms in total. The summed E-state index contributed by atoms with van der Waals surface area (Å²) in [7, 11) is -2.31. The molecule has 0 amide bonds. The van der Waals surface area contributed by atoms with E-state index in [4.69, 9.17) is 16.3 Å². The van der Waals surface area contributed by atoms with Gasteiger partial charge in [-0.05, 0) is 36.4 Å². The Morgan fingerprint density at radius 3 is 2.40 bits per heavy atom. The van der Waals surface area contributed by atoms with Crippen LogP contribution in [0.15, 0.2) is 47.4 Å². The summed E-state index contributed by atoms with van der Waals surface area (Å²) in [5, 5.41) is 9.78. The first-order chi connectivity index (χ1) is 9.44. The summed E-state index contributed by atoms with van der Waals surface area (Å²) in [5.41, 5.74) is 0.0216. The van der Waals surface area contributed by atoms with Crippen molar-refractivity contribution in [1.82, 2.24) is 0 Å². The van der Waals surface area contributed by atoms with Gasteiger partial charge in [0.05, 0.1) is 22.7 Å². The Morgan fingerprint density at radius 1 is 1.15 bits per heavy atom. The van der Waals surface area contributed by atoms with Gasteiger partial charge in [0.1, 0.15) is 5.75 Å². The summed E-state index contributed by atoms with van der Waals surface area (Å²) >= 11 is 5.73. The zero-order valence-corrected chi connectivity index (χ0v) is 12.1. The van der Waals surface area contributed by atoms with Crippen LogP contribution in [0, 0.1) is 0 Å². The quantitative estimate of drug-likeness (QED) is 0.851. The monoisotopic (exact) mass is 313 g/mol. The molecule has 0 aromatic heterocycles. The fourth-order valence-electron chi connectivity index (χ4n) is 1.56. The smallest absolute Gasteiger partial charge is 0.262 e. The van der Waals surface area contributed by atoms with Crippen LogP contribution in [-0.4, -0.2) is 20.6 Å². The largest absolute Gasteiger partial charge is 0.504 e. The molecule has 0 aliphatic carbocycles. The van der Waals surface area contributed by atoms with Gasteiger partial charge >= 0.3 is 0 Å². The average Bonchev–Trinajstić information content (AvgIpc) is 2.44. The van der Waals surface area contributed by atoms with E-state index in [9.17, 15) is 13.5 Å². The normalized spacial score (nSPS) is 11.1. The number of sulfonamides is 1. The highest BCUT2D eigenvalue weighted by molar-refractivity contribution is 7.92. The molecule has 0 saturated heterocycles. The summed E-state index contributed by atoms with van der Waals surface area (Å²) in [6.45, 7) is 0. The van der Waals surface area contributed by atoms with Crippen molar-refractivity contribution in [3.8, 4) is 11.5 Å². The Labute approximate surface area is 121 Å². The average molecular weight is 314 g/mol. The number of rotatable bonds is 4. The van der Waals surface area contributed by atoms with Crippen LogP contribution >= 0.6 is 11.6 Å². The zero-order valence-electron chi connectivity index (χ0n) is 10.5. The van der Waals surface area contributed by atoms with Crippen molar-refractivity contribution in [1.29, 1.82) is 0 Å². The predicted octanol–water partition coefficient (Wildman–Crippen LogP) is 2.86. The molecule has 0 unspecified atom stereocenters. The van der Waals surface area contributed by atoms with Crippen molar-refractivity contribution >= 4 is 27.3 Å². The number of phenolic OH excluding ortho intramolecular Hbond substituents is 1. The van der Waals surface area contributed by atoms with Crippen LogP contribution in [0.1, 0.15) is 0 Å². The highest BCUT2D eigenvalue weighted by Crippen LogP contribution is 2.32. The molecular formula is C13H12ClNO4S. The molecule has 0 aliphatic heterocycles. The molecule has 0 radical (unpaired) electrons. The fourth-order valence-corrected chi connectivity index (χ4v) is 2.80. The number of hydrogen-bond donors (Lipinski definition) is 2. The standard InChI is InChI=1S/C13H12ClNO4S/c1-19-9-5-7-10(8-6-9)20(17,18)15-12-4-2-3-11(14)13(12)16/h2-8,15-16H,1H3. The number of para-hydroxylation sites is 1. The summed E-state index contributed by atoms with van der Waals surface area (Å²) in [4.78, 5) is 0.0534. The van der Waals surface area contributed by atoms with E-state index in [1.165, 1.54) is 49.6 Å². The van der Waals surface area contributed by atoms with Crippen LogP contribution in [0.4, 0.5) is 5.69 Å². The number of anilines is 1. The molecule has 2 rings (SSSR count). The van der Waals surface area contributed by atoms with Gasteiger partial charge in [-0.1, -0.05) is 17.7 Å². The minimum Gasteiger partial charge on any atom is -0.504 e. The van der Waals surface area contributed by atoms with Crippen molar-refractivity contribution in [2.45, 2.75) is 4.90 Å². The van der Waals surface area contributed by atoms with Gasteiger partial charge in [-0.15, -0.1) is 0 Å². The maximum atomic E-state index is 12.2. The Hall–Kier alpha value is -1.92. The molecule has 2 N–H and O–H groups in total. The zero-order chi connectivity index (χ0) is 14.8. The second kappa shape index (κ2) is 5.60. The van der Waals surface area contributed by atoms with E-state index in [2.05, 4.69) is 4.72 Å². The van der Waals surface area contributed by atoms with Gasteiger partial charge in [0.25, 0.3) is 10.0 Å². The van der Waals surface area contributed by atoms with Crippen LogP contribution in [0.2, 0.25) is 5.02 Å². The Morgan fingerprint density at radius 2 is 1.80 bits per heavy atom. The highest BCUT2D eigenvalue weighted by Gasteiger charge is 2.17. The van der Waals surface area contributed by atoms with Gasteiger partial charge in [0, 0.05) is 0 Å². The first-order valence-electron chi connectivity index (χ1n) is 5.58. The number of benzene rings is 2.